The number of nitro groups is 1. The van der Waals surface area contributed by atoms with E-state index in [4.69, 9.17) is 0 Å². The summed E-state index contributed by atoms with van der Waals surface area (Å²) in [5.41, 5.74) is 3.92. The molecule has 0 atom stereocenters. The number of non-ortho nitro benzene ring substituents is 1. The summed E-state index contributed by atoms with van der Waals surface area (Å²) >= 11 is 1.01. The van der Waals surface area contributed by atoms with Crippen LogP contribution in [0, 0.1) is 10.1 Å². The lowest BCUT2D eigenvalue weighted by Gasteiger charge is -2.05. The van der Waals surface area contributed by atoms with E-state index in [-0.39, 0.29) is 16.5 Å². The molecule has 136 valence electrons. The maximum absolute atomic E-state index is 11.9. The van der Waals surface area contributed by atoms with E-state index in [0.29, 0.717) is 10.8 Å². The van der Waals surface area contributed by atoms with Gasteiger partial charge in [0.15, 0.2) is 10.8 Å². The molecule has 0 aliphatic carbocycles. The van der Waals surface area contributed by atoms with Crippen LogP contribution in [-0.2, 0) is 4.79 Å². The number of hydrogen-bond donors (Lipinski definition) is 1. The highest BCUT2D eigenvalue weighted by molar-refractivity contribution is 8.15. The highest BCUT2D eigenvalue weighted by Gasteiger charge is 2.16. The van der Waals surface area contributed by atoms with E-state index in [1.54, 1.807) is 0 Å². The van der Waals surface area contributed by atoms with E-state index >= 15 is 0 Å². The second kappa shape index (κ2) is 8.19. The number of aromatic nitrogens is 4. The van der Waals surface area contributed by atoms with Crippen molar-refractivity contribution in [1.29, 1.82) is 0 Å². The van der Waals surface area contributed by atoms with Gasteiger partial charge in [0.2, 0.25) is 5.16 Å². The third kappa shape index (κ3) is 4.52. The van der Waals surface area contributed by atoms with Crippen molar-refractivity contribution in [2.75, 3.05) is 5.43 Å². The predicted octanol–water partition coefficient (Wildman–Crippen LogP) is 2.68. The van der Waals surface area contributed by atoms with Crippen LogP contribution in [0.5, 0.6) is 0 Å². The van der Waals surface area contributed by atoms with Crippen LogP contribution in [0.15, 0.2) is 64.9 Å². The average molecular weight is 383 g/mol. The van der Waals surface area contributed by atoms with Gasteiger partial charge >= 0.3 is 0 Å². The third-order valence-corrected chi connectivity index (χ3v) is 4.30. The lowest BCUT2D eigenvalue weighted by Crippen LogP contribution is -2.10. The Morgan fingerprint density at radius 3 is 2.52 bits per heavy atom. The predicted molar refractivity (Wildman–Crippen MR) is 99.8 cm³/mol. The molecule has 0 amide bonds. The van der Waals surface area contributed by atoms with Gasteiger partial charge in [0.1, 0.15) is 0 Å². The zero-order valence-electron chi connectivity index (χ0n) is 14.0. The van der Waals surface area contributed by atoms with Crippen LogP contribution in [0.3, 0.4) is 0 Å². The number of anilines is 1. The Hall–Kier alpha value is -3.60. The van der Waals surface area contributed by atoms with Crippen molar-refractivity contribution < 1.29 is 9.72 Å². The number of ketones is 1. The molecule has 27 heavy (non-hydrogen) atoms. The Labute approximate surface area is 157 Å². The first-order valence-electron chi connectivity index (χ1n) is 7.65. The quantitative estimate of drug-likeness (QED) is 0.226. The number of thioether (sulfide) groups is 1. The van der Waals surface area contributed by atoms with Crippen LogP contribution < -0.4 is 5.43 Å². The lowest BCUT2D eigenvalue weighted by molar-refractivity contribution is -0.384. The number of nitro benzene ring substituents is 1. The Balaban J connectivity index is 1.79. The van der Waals surface area contributed by atoms with Gasteiger partial charge in [-0.25, -0.2) is 0 Å². The molecular formula is C16H13N7O3S. The number of Topliss-reactive ketones (excluding diaryl/α,β-unsaturated/α-hetero) is 1. The van der Waals surface area contributed by atoms with Gasteiger partial charge in [0, 0.05) is 19.1 Å². The summed E-state index contributed by atoms with van der Waals surface area (Å²) in [6.07, 6.45) is 0. The number of hydrogen-bond acceptors (Lipinski definition) is 9. The lowest BCUT2D eigenvalue weighted by atomic mass is 10.3. The topological polar surface area (TPSA) is 128 Å². The number of hydrazone groups is 1. The molecule has 0 saturated carbocycles. The number of benzene rings is 2. The second-order valence-corrected chi connectivity index (χ2v) is 6.16. The van der Waals surface area contributed by atoms with E-state index in [1.165, 1.54) is 35.9 Å². The molecule has 0 unspecified atom stereocenters. The number of carbonyl (C=O) groups excluding carboxylic acids is 1. The molecular weight excluding hydrogens is 370 g/mol. The highest BCUT2D eigenvalue weighted by Crippen LogP contribution is 2.21. The third-order valence-electron chi connectivity index (χ3n) is 3.30. The van der Waals surface area contributed by atoms with E-state index in [9.17, 15) is 14.9 Å². The Morgan fingerprint density at radius 2 is 1.89 bits per heavy atom. The van der Waals surface area contributed by atoms with Crippen LogP contribution >= 0.6 is 11.8 Å². The fourth-order valence-corrected chi connectivity index (χ4v) is 2.72. The van der Waals surface area contributed by atoms with Gasteiger partial charge in [0.05, 0.1) is 16.3 Å². The Bertz CT molecular complexity index is 987. The van der Waals surface area contributed by atoms with Gasteiger partial charge < -0.3 is 0 Å². The SMILES string of the molecule is CC(=O)/C(=N\Nc1ccc([N+](=O)[O-])cc1)Sc1nnnn1-c1ccccc1. The van der Waals surface area contributed by atoms with Gasteiger partial charge in [-0.2, -0.15) is 9.78 Å². The number of nitrogens with one attached hydrogen (secondary N) is 1. The molecule has 1 N–H and O–H groups in total. The summed E-state index contributed by atoms with van der Waals surface area (Å²) in [7, 11) is 0. The van der Waals surface area contributed by atoms with Crippen molar-refractivity contribution >= 4 is 34.0 Å². The summed E-state index contributed by atoms with van der Waals surface area (Å²) in [6, 6.07) is 14.9. The van der Waals surface area contributed by atoms with E-state index in [1.807, 2.05) is 30.3 Å². The molecule has 3 aromatic rings. The average Bonchev–Trinajstić information content (AvgIpc) is 3.14. The molecule has 0 aliphatic heterocycles. The van der Waals surface area contributed by atoms with Crippen LogP contribution in [0.25, 0.3) is 5.69 Å². The smallest absolute Gasteiger partial charge is 0.269 e. The molecule has 3 rings (SSSR count). The molecule has 1 heterocycles. The maximum atomic E-state index is 11.9. The molecule has 0 spiro atoms. The summed E-state index contributed by atoms with van der Waals surface area (Å²) in [4.78, 5) is 22.1. The number of tetrazole rings is 1. The molecule has 2 aromatic carbocycles. The summed E-state index contributed by atoms with van der Waals surface area (Å²) in [5.74, 6) is -0.281. The van der Waals surface area contributed by atoms with Crippen molar-refractivity contribution in [3.63, 3.8) is 0 Å². The Kier molecular flexibility index (Phi) is 5.52. The van der Waals surface area contributed by atoms with E-state index in [2.05, 4.69) is 26.1 Å². The van der Waals surface area contributed by atoms with Gasteiger partial charge in [-0.05, 0) is 46.5 Å². The number of rotatable bonds is 6. The molecule has 0 bridgehead atoms. The zero-order chi connectivity index (χ0) is 19.2. The van der Waals surface area contributed by atoms with Crippen LogP contribution in [0.1, 0.15) is 6.92 Å². The highest BCUT2D eigenvalue weighted by atomic mass is 32.2. The molecule has 0 radical (unpaired) electrons. The first kappa shape index (κ1) is 18.2. The number of nitrogens with zero attached hydrogens (tertiary/aromatic N) is 6. The van der Waals surface area contributed by atoms with Gasteiger partial charge in [-0.3, -0.25) is 20.3 Å². The second-order valence-electron chi connectivity index (χ2n) is 5.20. The fourth-order valence-electron chi connectivity index (χ4n) is 2.01. The molecule has 10 nitrogen and oxygen atoms in total. The Morgan fingerprint density at radius 1 is 1.19 bits per heavy atom. The van der Waals surface area contributed by atoms with Crippen molar-refractivity contribution in [3.05, 3.63) is 64.7 Å². The maximum Gasteiger partial charge on any atom is 0.269 e. The van der Waals surface area contributed by atoms with E-state index in [0.717, 1.165) is 17.4 Å². The fraction of sp³-hybridized carbons (Fsp3) is 0.0625. The summed E-state index contributed by atoms with van der Waals surface area (Å²) in [5, 5.41) is 26.8. The number of para-hydroxylation sites is 1. The van der Waals surface area contributed by atoms with Gasteiger partial charge in [0.25, 0.3) is 5.69 Å². The molecule has 0 fully saturated rings. The first-order valence-corrected chi connectivity index (χ1v) is 8.47. The largest absolute Gasteiger partial charge is 0.292 e. The summed E-state index contributed by atoms with van der Waals surface area (Å²) in [6.45, 7) is 1.38. The van der Waals surface area contributed by atoms with Crippen molar-refractivity contribution in [1.82, 2.24) is 20.2 Å². The summed E-state index contributed by atoms with van der Waals surface area (Å²) < 4.78 is 1.50. The van der Waals surface area contributed by atoms with Crippen LogP contribution in [0.4, 0.5) is 11.4 Å². The number of carbonyl (C=O) groups is 1. The molecule has 11 heteroatoms. The zero-order valence-corrected chi connectivity index (χ0v) is 14.8. The monoisotopic (exact) mass is 383 g/mol. The molecule has 0 saturated heterocycles. The standard InChI is InChI=1S/C16H13N7O3S/c1-11(24)15(18-17-12-7-9-14(10-8-12)23(25)26)27-16-19-20-21-22(16)13-5-3-2-4-6-13/h2-10,17H,1H3/b18-15+. The van der Waals surface area contributed by atoms with Crippen molar-refractivity contribution in [2.24, 2.45) is 5.10 Å². The van der Waals surface area contributed by atoms with Gasteiger partial charge in [-0.15, -0.1) is 5.10 Å². The van der Waals surface area contributed by atoms with Crippen molar-refractivity contribution in [2.45, 2.75) is 12.1 Å². The van der Waals surface area contributed by atoms with Gasteiger partial charge in [-0.1, -0.05) is 18.2 Å². The minimum Gasteiger partial charge on any atom is -0.292 e. The molecule has 1 aromatic heterocycles. The molecule has 0 aliphatic rings. The first-order chi connectivity index (χ1) is 13.0. The van der Waals surface area contributed by atoms with Crippen LogP contribution in [0.2, 0.25) is 0 Å². The minimum absolute atomic E-state index is 0.0345. The van der Waals surface area contributed by atoms with Crippen molar-refractivity contribution in [3.8, 4) is 5.69 Å². The normalized spacial score (nSPS) is 11.2. The minimum atomic E-state index is -0.493. The van der Waals surface area contributed by atoms with Crippen LogP contribution in [-0.4, -0.2) is 36.0 Å². The van der Waals surface area contributed by atoms with E-state index < -0.39 is 4.92 Å².